The zero-order chi connectivity index (χ0) is 25.2. The fourth-order valence-corrected chi connectivity index (χ4v) is 4.98. The molecule has 1 aromatic heterocycles. The molecule has 0 radical (unpaired) electrons. The van der Waals surface area contributed by atoms with Gasteiger partial charge in [-0.3, -0.25) is 14.5 Å². The number of likely N-dealkylation sites (N-methyl/N-ethyl adjacent to an activating group) is 1. The van der Waals surface area contributed by atoms with Crippen LogP contribution in [0.1, 0.15) is 58.5 Å². The van der Waals surface area contributed by atoms with Crippen molar-refractivity contribution in [2.24, 2.45) is 5.41 Å². The monoisotopic (exact) mass is 520 g/mol. The Morgan fingerprint density at radius 1 is 1.24 bits per heavy atom. The lowest BCUT2D eigenvalue weighted by Crippen LogP contribution is -2.53. The number of benzene rings is 1. The number of thiophene rings is 1. The van der Waals surface area contributed by atoms with Crippen LogP contribution in [-0.4, -0.2) is 49.4 Å². The second-order valence-corrected chi connectivity index (χ2v) is 10.9. The average Bonchev–Trinajstić information content (AvgIpc) is 3.18. The Labute approximate surface area is 213 Å². The maximum absolute atomic E-state index is 13.9. The number of carbonyl (C=O) groups excluding carboxylic acids is 3. The maximum Gasteiger partial charge on any atom is 0.350 e. The number of nitrogens with zero attached hydrogens (tertiary/aromatic N) is 2. The van der Waals surface area contributed by atoms with Crippen LogP contribution in [0.2, 0.25) is 10.0 Å². The second-order valence-electron chi connectivity index (χ2n) is 9.03. The molecule has 2 heterocycles. The highest BCUT2D eigenvalue weighted by Crippen LogP contribution is 2.36. The zero-order valence-corrected chi connectivity index (χ0v) is 22.0. The largest absolute Gasteiger partial charge is 0.465 e. The molecular formula is C25H26Cl2N2O4S. The number of ether oxygens (including phenoxy) is 1. The summed E-state index contributed by atoms with van der Waals surface area (Å²) in [5, 5.41) is 0.536. The quantitative estimate of drug-likeness (QED) is 0.393. The zero-order valence-electron chi connectivity index (χ0n) is 19.7. The number of anilines is 1. The molecule has 1 saturated heterocycles. The number of piperidine rings is 1. The van der Waals surface area contributed by atoms with Gasteiger partial charge in [0.1, 0.15) is 10.9 Å². The lowest BCUT2D eigenvalue weighted by Gasteiger charge is -2.37. The Morgan fingerprint density at radius 3 is 2.56 bits per heavy atom. The van der Waals surface area contributed by atoms with Crippen molar-refractivity contribution in [2.75, 3.05) is 25.6 Å². The third-order valence-electron chi connectivity index (χ3n) is 5.23. The predicted octanol–water partition coefficient (Wildman–Crippen LogP) is 5.51. The number of hydrogen-bond donors (Lipinski definition) is 0. The topological polar surface area (TPSA) is 66.9 Å². The van der Waals surface area contributed by atoms with Crippen LogP contribution >= 0.6 is 34.5 Å². The number of hydrogen-bond acceptors (Lipinski definition) is 5. The predicted molar refractivity (Wildman–Crippen MR) is 136 cm³/mol. The Balaban J connectivity index is 2.22. The molecule has 1 aromatic carbocycles. The van der Waals surface area contributed by atoms with E-state index < -0.39 is 17.9 Å². The van der Waals surface area contributed by atoms with Crippen LogP contribution in [0.25, 0.3) is 0 Å². The highest BCUT2D eigenvalue weighted by molar-refractivity contribution is 7.15. The molecule has 2 amide bonds. The summed E-state index contributed by atoms with van der Waals surface area (Å²) in [5.74, 6) is 4.89. The first-order valence-corrected chi connectivity index (χ1v) is 12.3. The minimum Gasteiger partial charge on any atom is -0.465 e. The van der Waals surface area contributed by atoms with Crippen LogP contribution < -0.4 is 4.90 Å². The van der Waals surface area contributed by atoms with E-state index in [2.05, 4.69) is 11.8 Å². The van der Waals surface area contributed by atoms with E-state index in [0.29, 0.717) is 29.3 Å². The van der Waals surface area contributed by atoms with Gasteiger partial charge in [-0.15, -0.1) is 11.3 Å². The molecule has 0 N–H and O–H groups in total. The molecule has 0 aliphatic carbocycles. The SMILES string of the molecule is COC(=O)c1sc(C#CC(C)(C)C)cc1N(C(=O)c1ccc(Cl)cc1Cl)[C@H]1CCCN(C)C1=O. The minimum atomic E-state index is -0.806. The van der Waals surface area contributed by atoms with E-state index in [4.69, 9.17) is 27.9 Å². The van der Waals surface area contributed by atoms with Gasteiger partial charge in [0, 0.05) is 24.0 Å². The number of halogens is 2. The Hall–Kier alpha value is -2.53. The second kappa shape index (κ2) is 10.4. The summed E-state index contributed by atoms with van der Waals surface area (Å²) >= 11 is 13.5. The molecule has 6 nitrogen and oxygen atoms in total. The van der Waals surface area contributed by atoms with Gasteiger partial charge in [-0.25, -0.2) is 4.79 Å². The first-order chi connectivity index (χ1) is 15.9. The van der Waals surface area contributed by atoms with Gasteiger partial charge in [-0.05, 0) is 57.9 Å². The van der Waals surface area contributed by atoms with Crippen LogP contribution in [-0.2, 0) is 9.53 Å². The van der Waals surface area contributed by atoms with Gasteiger partial charge in [0.05, 0.1) is 28.3 Å². The van der Waals surface area contributed by atoms with Gasteiger partial charge < -0.3 is 9.64 Å². The molecule has 1 atom stereocenters. The van der Waals surface area contributed by atoms with E-state index in [0.717, 1.165) is 11.3 Å². The van der Waals surface area contributed by atoms with Crippen molar-refractivity contribution < 1.29 is 19.1 Å². The Bertz CT molecular complexity index is 1190. The van der Waals surface area contributed by atoms with Gasteiger partial charge in [-0.1, -0.05) is 35.0 Å². The number of methoxy groups -OCH3 is 1. The van der Waals surface area contributed by atoms with Crippen molar-refractivity contribution in [3.05, 3.63) is 49.6 Å². The van der Waals surface area contributed by atoms with E-state index in [-0.39, 0.29) is 32.5 Å². The van der Waals surface area contributed by atoms with Gasteiger partial charge in [-0.2, -0.15) is 0 Å². The van der Waals surface area contributed by atoms with Crippen LogP contribution in [0.3, 0.4) is 0 Å². The first-order valence-electron chi connectivity index (χ1n) is 10.7. The molecule has 1 aliphatic heterocycles. The molecule has 9 heteroatoms. The summed E-state index contributed by atoms with van der Waals surface area (Å²) < 4.78 is 4.99. The van der Waals surface area contributed by atoms with Crippen LogP contribution in [0, 0.1) is 17.3 Å². The van der Waals surface area contributed by atoms with Gasteiger partial charge >= 0.3 is 5.97 Å². The summed E-state index contributed by atoms with van der Waals surface area (Å²) in [7, 11) is 2.97. The molecule has 3 rings (SSSR count). The summed E-state index contributed by atoms with van der Waals surface area (Å²) in [6, 6.07) is 5.40. The third kappa shape index (κ3) is 5.75. The lowest BCUT2D eigenvalue weighted by atomic mass is 9.98. The van der Waals surface area contributed by atoms with Crippen molar-refractivity contribution in [2.45, 2.75) is 39.7 Å². The highest BCUT2D eigenvalue weighted by Gasteiger charge is 2.39. The van der Waals surface area contributed by atoms with E-state index in [1.165, 1.54) is 24.1 Å². The van der Waals surface area contributed by atoms with Crippen molar-refractivity contribution in [3.8, 4) is 11.8 Å². The third-order valence-corrected chi connectivity index (χ3v) is 6.80. The first kappa shape index (κ1) is 26.1. The maximum atomic E-state index is 13.9. The highest BCUT2D eigenvalue weighted by atomic mass is 35.5. The fourth-order valence-electron chi connectivity index (χ4n) is 3.57. The summed E-state index contributed by atoms with van der Waals surface area (Å²) in [4.78, 5) is 43.5. The van der Waals surface area contributed by atoms with Gasteiger partial charge in [0.15, 0.2) is 0 Å². The van der Waals surface area contributed by atoms with Crippen molar-refractivity contribution >= 4 is 58.0 Å². The number of rotatable bonds is 4. The van der Waals surface area contributed by atoms with Crippen LogP contribution in [0.4, 0.5) is 5.69 Å². The number of carbonyl (C=O) groups is 3. The van der Waals surface area contributed by atoms with Crippen molar-refractivity contribution in [1.82, 2.24) is 4.90 Å². The fraction of sp³-hybridized carbons (Fsp3) is 0.400. The van der Waals surface area contributed by atoms with E-state index in [1.54, 1.807) is 24.1 Å². The summed E-state index contributed by atoms with van der Waals surface area (Å²) in [6.45, 7) is 6.52. The van der Waals surface area contributed by atoms with Crippen molar-refractivity contribution in [1.29, 1.82) is 0 Å². The van der Waals surface area contributed by atoms with Crippen LogP contribution in [0.5, 0.6) is 0 Å². The molecule has 34 heavy (non-hydrogen) atoms. The summed E-state index contributed by atoms with van der Waals surface area (Å²) in [6.07, 6.45) is 1.15. The average molecular weight is 521 g/mol. The standard InChI is InChI=1S/C25H26Cl2N2O4S/c1-25(2,3)11-10-16-14-20(21(34-16)24(32)33-5)29(19-7-6-12-28(4)23(19)31)22(30)17-9-8-15(26)13-18(17)27/h8-9,13-14,19H,6-7,12H2,1-5H3/t19-/m0/s1. The lowest BCUT2D eigenvalue weighted by molar-refractivity contribution is -0.133. The minimum absolute atomic E-state index is 0.154. The van der Waals surface area contributed by atoms with E-state index >= 15 is 0 Å². The number of amides is 2. The smallest absolute Gasteiger partial charge is 0.350 e. The molecule has 0 spiro atoms. The Morgan fingerprint density at radius 2 is 1.94 bits per heavy atom. The summed E-state index contributed by atoms with van der Waals surface area (Å²) in [5.41, 5.74) is 0.195. The number of likely N-dealkylation sites (tertiary alicyclic amines) is 1. The molecular weight excluding hydrogens is 495 g/mol. The van der Waals surface area contributed by atoms with E-state index in [9.17, 15) is 14.4 Å². The molecule has 0 bridgehead atoms. The van der Waals surface area contributed by atoms with Gasteiger partial charge in [0.25, 0.3) is 5.91 Å². The van der Waals surface area contributed by atoms with Crippen LogP contribution in [0.15, 0.2) is 24.3 Å². The molecule has 180 valence electrons. The Kier molecular flexibility index (Phi) is 7.97. The number of esters is 1. The van der Waals surface area contributed by atoms with Crippen molar-refractivity contribution in [3.63, 3.8) is 0 Å². The molecule has 1 fully saturated rings. The van der Waals surface area contributed by atoms with E-state index in [1.807, 2.05) is 20.8 Å². The molecule has 2 aromatic rings. The molecule has 0 saturated carbocycles. The molecule has 1 aliphatic rings. The van der Waals surface area contributed by atoms with Gasteiger partial charge in [0.2, 0.25) is 5.91 Å². The normalized spacial score (nSPS) is 16.0. The molecule has 0 unspecified atom stereocenters.